The molecule has 1 aliphatic rings. The van der Waals surface area contributed by atoms with Crippen LogP contribution in [0.15, 0.2) is 48.9 Å². The lowest BCUT2D eigenvalue weighted by Crippen LogP contribution is -2.64. The normalized spacial score (nSPS) is 21.0. The molecule has 1 saturated heterocycles. The molecule has 0 unspecified atom stereocenters. The summed E-state index contributed by atoms with van der Waals surface area (Å²) in [6.07, 6.45) is 4.70. The first-order chi connectivity index (χ1) is 15.1. The molecule has 0 saturated carbocycles. The summed E-state index contributed by atoms with van der Waals surface area (Å²) in [6, 6.07) is 8.64. The molecule has 34 heavy (non-hydrogen) atoms. The summed E-state index contributed by atoms with van der Waals surface area (Å²) in [7, 11) is 0. The third kappa shape index (κ3) is 4.47. The van der Waals surface area contributed by atoms with Gasteiger partial charge in [-0.2, -0.15) is 0 Å². The number of aromatic nitrogens is 6. The maximum atomic E-state index is 15.4. The number of piperidine rings is 1. The molecule has 2 N–H and O–H groups in total. The van der Waals surface area contributed by atoms with E-state index in [2.05, 4.69) is 39.7 Å². The Kier molecular flexibility index (Phi) is 6.94. The number of nitrogens with one attached hydrogen (secondary N) is 1. The Morgan fingerprint density at radius 1 is 1.06 bits per heavy atom. The Morgan fingerprint density at radius 3 is 2.50 bits per heavy atom. The van der Waals surface area contributed by atoms with Crippen molar-refractivity contribution in [2.75, 3.05) is 0 Å². The first-order valence-electron chi connectivity index (χ1n) is 10.6. The fraction of sp³-hybridized carbons (Fsp3) is 0.391. The van der Waals surface area contributed by atoms with Crippen molar-refractivity contribution in [3.05, 3.63) is 48.9 Å². The maximum Gasteiger partial charge on any atom is 0.162 e. The second-order valence-corrected chi connectivity index (χ2v) is 9.68. The average molecular weight is 508 g/mol. The van der Waals surface area contributed by atoms with Gasteiger partial charge in [0.2, 0.25) is 0 Å². The highest BCUT2D eigenvalue weighted by atomic mass is 35.5. The molecule has 4 aromatic rings. The number of nitrogens with zero attached hydrogens (tertiary/aromatic N) is 6. The quantitative estimate of drug-likeness (QED) is 0.418. The van der Waals surface area contributed by atoms with Crippen LogP contribution in [0.5, 0.6) is 5.75 Å². The van der Waals surface area contributed by atoms with Gasteiger partial charge >= 0.3 is 0 Å². The second kappa shape index (κ2) is 9.13. The summed E-state index contributed by atoms with van der Waals surface area (Å²) in [5.74, 6) is 0.0664. The summed E-state index contributed by atoms with van der Waals surface area (Å²) in [5, 5.41) is 31.3. The molecule has 0 radical (unpaired) electrons. The Bertz CT molecular complexity index is 1290. The van der Waals surface area contributed by atoms with E-state index in [1.807, 2.05) is 42.8 Å². The molecule has 0 aliphatic carbocycles. The van der Waals surface area contributed by atoms with E-state index in [4.69, 9.17) is 0 Å². The Labute approximate surface area is 209 Å². The number of halogens is 3. The fourth-order valence-electron chi connectivity index (χ4n) is 4.92. The predicted octanol–water partition coefficient (Wildman–Crippen LogP) is 4.66. The number of rotatable bonds is 3. The number of phenolic OH excluding ortho intramolecular Hbond substituents is 1. The van der Waals surface area contributed by atoms with Crippen molar-refractivity contribution in [2.45, 2.75) is 57.4 Å². The summed E-state index contributed by atoms with van der Waals surface area (Å²) in [5.41, 5.74) is 1.55. The highest BCUT2D eigenvalue weighted by molar-refractivity contribution is 5.85. The number of phenols is 1. The Hall–Kier alpha value is -2.75. The zero-order valence-corrected chi connectivity index (χ0v) is 20.9. The van der Waals surface area contributed by atoms with Gasteiger partial charge in [0.1, 0.15) is 11.9 Å². The van der Waals surface area contributed by atoms with Crippen LogP contribution < -0.4 is 5.32 Å². The van der Waals surface area contributed by atoms with Crippen molar-refractivity contribution in [3.63, 3.8) is 0 Å². The zero-order chi connectivity index (χ0) is 22.7. The highest BCUT2D eigenvalue weighted by Gasteiger charge is 2.47. The lowest BCUT2D eigenvalue weighted by Gasteiger charge is -2.49. The largest absolute Gasteiger partial charge is 0.507 e. The van der Waals surface area contributed by atoms with Crippen molar-refractivity contribution in [3.8, 4) is 22.7 Å². The van der Waals surface area contributed by atoms with E-state index in [0.717, 1.165) is 5.39 Å². The first kappa shape index (κ1) is 25.9. The van der Waals surface area contributed by atoms with Gasteiger partial charge in [-0.05, 0) is 58.4 Å². The minimum absolute atomic E-state index is 0. The second-order valence-electron chi connectivity index (χ2n) is 9.68. The van der Waals surface area contributed by atoms with Gasteiger partial charge in [-0.3, -0.25) is 0 Å². The molecule has 3 aromatic heterocycles. The minimum Gasteiger partial charge on any atom is -0.507 e. The summed E-state index contributed by atoms with van der Waals surface area (Å²) < 4.78 is 18.9. The smallest absolute Gasteiger partial charge is 0.162 e. The van der Waals surface area contributed by atoms with Crippen molar-refractivity contribution in [2.24, 2.45) is 0 Å². The lowest BCUT2D eigenvalue weighted by molar-refractivity contribution is 0.0313. The molecule has 0 bridgehead atoms. The van der Waals surface area contributed by atoms with Crippen LogP contribution in [0, 0.1) is 0 Å². The van der Waals surface area contributed by atoms with Crippen molar-refractivity contribution in [1.29, 1.82) is 0 Å². The Morgan fingerprint density at radius 2 is 1.82 bits per heavy atom. The van der Waals surface area contributed by atoms with Crippen molar-refractivity contribution >= 4 is 35.8 Å². The zero-order valence-electron chi connectivity index (χ0n) is 19.3. The van der Waals surface area contributed by atoms with Crippen LogP contribution in [0.2, 0.25) is 0 Å². The summed E-state index contributed by atoms with van der Waals surface area (Å²) >= 11 is 0. The van der Waals surface area contributed by atoms with Crippen LogP contribution in [0.1, 0.15) is 40.2 Å². The van der Waals surface area contributed by atoms with Crippen LogP contribution in [-0.2, 0) is 0 Å². The molecule has 0 amide bonds. The van der Waals surface area contributed by atoms with Gasteiger partial charge in [0.05, 0.1) is 29.8 Å². The molecule has 0 spiro atoms. The van der Waals surface area contributed by atoms with Gasteiger partial charge in [0.15, 0.2) is 5.65 Å². The van der Waals surface area contributed by atoms with Gasteiger partial charge in [-0.1, -0.05) is 5.21 Å². The lowest BCUT2D eigenvalue weighted by atomic mass is 9.78. The van der Waals surface area contributed by atoms with Crippen LogP contribution >= 0.6 is 24.8 Å². The first-order valence-corrected chi connectivity index (χ1v) is 10.6. The molecule has 8 nitrogen and oxygen atoms in total. The van der Waals surface area contributed by atoms with E-state index in [-0.39, 0.29) is 42.1 Å². The molecule has 11 heteroatoms. The number of fused-ring (bicyclic) bond motifs is 1. The van der Waals surface area contributed by atoms with Crippen molar-refractivity contribution in [1.82, 2.24) is 35.1 Å². The van der Waals surface area contributed by atoms with Gasteiger partial charge in [0.25, 0.3) is 0 Å². The molecule has 182 valence electrons. The van der Waals surface area contributed by atoms with E-state index in [1.54, 1.807) is 29.2 Å². The van der Waals surface area contributed by atoms with Crippen LogP contribution in [-0.4, -0.2) is 52.1 Å². The molecular weight excluding hydrogens is 480 g/mol. The van der Waals surface area contributed by atoms with E-state index >= 15 is 4.39 Å². The summed E-state index contributed by atoms with van der Waals surface area (Å²) in [4.78, 5) is 0. The molecule has 5 rings (SSSR count). The number of hydrogen-bond donors (Lipinski definition) is 2. The number of alkyl halides is 1. The highest BCUT2D eigenvalue weighted by Crippen LogP contribution is 2.40. The third-order valence-electron chi connectivity index (χ3n) is 6.17. The Balaban J connectivity index is 0.00000162. The average Bonchev–Trinajstić information content (AvgIpc) is 3.39. The van der Waals surface area contributed by atoms with Crippen LogP contribution in [0.3, 0.4) is 0 Å². The molecular formula is C23H28Cl2FN7O. The van der Waals surface area contributed by atoms with Gasteiger partial charge in [-0.15, -0.1) is 40.1 Å². The van der Waals surface area contributed by atoms with Crippen LogP contribution in [0.4, 0.5) is 4.39 Å². The standard InChI is InChI=1S/C23H26FN7O.2ClH/c1-22(2)13-18(20(24)23(3,4)28-22)30-9-7-14-11-17(26-27-21(14)30)16-6-5-15(12-19(16)32)31-10-8-25-29-31;;/h5-12,18,20,28,32H,13H2,1-4H3;2*1H/t18-,20-;;/m0../s1. The number of hydrogen-bond acceptors (Lipinski definition) is 6. The summed E-state index contributed by atoms with van der Waals surface area (Å²) in [6.45, 7) is 7.98. The monoisotopic (exact) mass is 507 g/mol. The molecule has 1 aromatic carbocycles. The topological polar surface area (TPSA) is 93.7 Å². The number of benzene rings is 1. The third-order valence-corrected chi connectivity index (χ3v) is 6.17. The number of aromatic hydroxyl groups is 1. The fourth-order valence-corrected chi connectivity index (χ4v) is 4.92. The van der Waals surface area contributed by atoms with E-state index in [1.165, 1.54) is 0 Å². The van der Waals surface area contributed by atoms with Crippen LogP contribution in [0.25, 0.3) is 28.0 Å². The minimum atomic E-state index is -1.08. The predicted molar refractivity (Wildman–Crippen MR) is 134 cm³/mol. The molecule has 2 atom stereocenters. The SMILES string of the molecule is CC1(C)C[C@H](n2ccc3cc(-c4ccc(-n5ccnn5)cc4O)nnc32)[C@H](F)C(C)(C)N1.Cl.Cl. The van der Waals surface area contributed by atoms with Gasteiger partial charge in [0, 0.05) is 34.3 Å². The van der Waals surface area contributed by atoms with Crippen molar-refractivity contribution < 1.29 is 9.50 Å². The van der Waals surface area contributed by atoms with Gasteiger partial charge < -0.3 is 15.0 Å². The maximum absolute atomic E-state index is 15.4. The molecule has 1 fully saturated rings. The van der Waals surface area contributed by atoms with E-state index in [0.29, 0.717) is 29.0 Å². The van der Waals surface area contributed by atoms with E-state index < -0.39 is 11.7 Å². The van der Waals surface area contributed by atoms with E-state index in [9.17, 15) is 5.11 Å². The molecule has 4 heterocycles. The molecule has 1 aliphatic heterocycles. The van der Waals surface area contributed by atoms with Gasteiger partial charge in [-0.25, -0.2) is 9.07 Å².